The summed E-state index contributed by atoms with van der Waals surface area (Å²) < 4.78 is 26.9. The average Bonchev–Trinajstić information content (AvgIpc) is 2.58. The third kappa shape index (κ3) is 10.1. The maximum Gasteiger partial charge on any atom is 0.213 e. The maximum absolute atomic E-state index is 12.1. The Morgan fingerprint density at radius 2 is 1.93 bits per heavy atom. The fraction of sp³-hybridized carbons (Fsp3) is 0.947. The Hall–Kier alpha value is -0.130. The van der Waals surface area contributed by atoms with Gasteiger partial charge in [0.2, 0.25) is 10.0 Å². The molecule has 1 heterocycles. The number of likely N-dealkylation sites (tertiary alicyclic amines) is 1. The van der Waals surface area contributed by atoms with Crippen LogP contribution in [0.1, 0.15) is 58.8 Å². The van der Waals surface area contributed by atoms with E-state index in [2.05, 4.69) is 32.2 Å². The Labute approximate surface area is 189 Å². The molecule has 0 radical (unpaired) electrons. The van der Waals surface area contributed by atoms with Crippen LogP contribution in [0.3, 0.4) is 0 Å². The molecule has 0 aromatic carbocycles. The van der Waals surface area contributed by atoms with Crippen LogP contribution in [0, 0.1) is 5.92 Å². The van der Waals surface area contributed by atoms with E-state index in [1.807, 2.05) is 6.92 Å². The number of guanidine groups is 1. The number of piperidine rings is 1. The van der Waals surface area contributed by atoms with Gasteiger partial charge in [-0.3, -0.25) is 4.99 Å². The van der Waals surface area contributed by atoms with Crippen LogP contribution in [0.2, 0.25) is 0 Å². The smallest absolute Gasteiger partial charge is 0.213 e. The van der Waals surface area contributed by atoms with Gasteiger partial charge in [0.1, 0.15) is 0 Å². The Morgan fingerprint density at radius 3 is 2.57 bits per heavy atom. The quantitative estimate of drug-likeness (QED) is 0.165. The van der Waals surface area contributed by atoms with Gasteiger partial charge in [0.05, 0.1) is 5.75 Å². The van der Waals surface area contributed by atoms with Crippen LogP contribution in [0.4, 0.5) is 0 Å². The Kier molecular flexibility index (Phi) is 12.9. The zero-order chi connectivity index (χ0) is 19.5. The van der Waals surface area contributed by atoms with Crippen molar-refractivity contribution in [3.05, 3.63) is 0 Å². The van der Waals surface area contributed by atoms with Crippen molar-refractivity contribution in [2.24, 2.45) is 10.9 Å². The highest BCUT2D eigenvalue weighted by atomic mass is 127. The molecule has 3 N–H and O–H groups in total. The highest BCUT2D eigenvalue weighted by Crippen LogP contribution is 2.25. The third-order valence-electron chi connectivity index (χ3n) is 5.64. The molecular weight excluding hydrogens is 489 g/mol. The minimum absolute atomic E-state index is 0. The molecule has 2 rings (SSSR count). The lowest BCUT2D eigenvalue weighted by atomic mass is 9.86. The van der Waals surface area contributed by atoms with E-state index in [0.29, 0.717) is 31.0 Å². The van der Waals surface area contributed by atoms with E-state index in [0.717, 1.165) is 38.9 Å². The highest BCUT2D eigenvalue weighted by Gasteiger charge is 2.20. The monoisotopic (exact) mass is 529 g/mol. The lowest BCUT2D eigenvalue weighted by Gasteiger charge is -2.33. The van der Waals surface area contributed by atoms with Gasteiger partial charge in [0, 0.05) is 38.8 Å². The van der Waals surface area contributed by atoms with E-state index in [-0.39, 0.29) is 29.7 Å². The molecule has 1 aliphatic heterocycles. The second-order valence-corrected chi connectivity index (χ2v) is 9.81. The first-order valence-electron chi connectivity index (χ1n) is 10.7. The molecule has 166 valence electrons. The van der Waals surface area contributed by atoms with Crippen LogP contribution >= 0.6 is 24.0 Å². The first kappa shape index (κ1) is 25.9. The van der Waals surface area contributed by atoms with Crippen LogP contribution in [0.25, 0.3) is 0 Å². The normalized spacial score (nSPS) is 21.6. The van der Waals surface area contributed by atoms with Crippen molar-refractivity contribution in [3.8, 4) is 0 Å². The topological polar surface area (TPSA) is 85.8 Å². The van der Waals surface area contributed by atoms with Gasteiger partial charge >= 0.3 is 0 Å². The first-order chi connectivity index (χ1) is 13.0. The summed E-state index contributed by atoms with van der Waals surface area (Å²) in [5.41, 5.74) is 0. The van der Waals surface area contributed by atoms with E-state index >= 15 is 0 Å². The largest absolute Gasteiger partial charge is 0.357 e. The van der Waals surface area contributed by atoms with Crippen molar-refractivity contribution in [1.82, 2.24) is 20.3 Å². The van der Waals surface area contributed by atoms with Crippen molar-refractivity contribution >= 4 is 40.0 Å². The van der Waals surface area contributed by atoms with Crippen LogP contribution < -0.4 is 15.4 Å². The summed E-state index contributed by atoms with van der Waals surface area (Å²) in [6.07, 6.45) is 8.51. The van der Waals surface area contributed by atoms with Gasteiger partial charge in [-0.2, -0.15) is 0 Å². The molecule has 2 aliphatic rings. The van der Waals surface area contributed by atoms with Crippen molar-refractivity contribution < 1.29 is 8.42 Å². The molecular formula is C19H40IN5O2S. The number of nitrogens with zero attached hydrogens (tertiary/aromatic N) is 2. The van der Waals surface area contributed by atoms with Gasteiger partial charge in [0.25, 0.3) is 0 Å². The molecule has 1 unspecified atom stereocenters. The fourth-order valence-corrected chi connectivity index (χ4v) is 4.62. The fourth-order valence-electron chi connectivity index (χ4n) is 3.61. The van der Waals surface area contributed by atoms with Crippen molar-refractivity contribution in [1.29, 1.82) is 0 Å². The Balaban J connectivity index is 0.00000392. The number of hydrogen-bond acceptors (Lipinski definition) is 4. The van der Waals surface area contributed by atoms with Crippen molar-refractivity contribution in [3.63, 3.8) is 0 Å². The molecule has 0 spiro atoms. The van der Waals surface area contributed by atoms with E-state index in [4.69, 9.17) is 0 Å². The molecule has 28 heavy (non-hydrogen) atoms. The summed E-state index contributed by atoms with van der Waals surface area (Å²) in [7, 11) is -3.21. The summed E-state index contributed by atoms with van der Waals surface area (Å²) >= 11 is 0. The van der Waals surface area contributed by atoms with Crippen LogP contribution in [-0.2, 0) is 10.0 Å². The maximum atomic E-state index is 12.1. The van der Waals surface area contributed by atoms with Crippen molar-refractivity contribution in [2.45, 2.75) is 64.8 Å². The first-order valence-corrected chi connectivity index (χ1v) is 12.4. The van der Waals surface area contributed by atoms with E-state index in [1.165, 1.54) is 32.2 Å². The van der Waals surface area contributed by atoms with Crippen molar-refractivity contribution in [2.75, 3.05) is 45.0 Å². The molecule has 1 saturated carbocycles. The Morgan fingerprint density at radius 1 is 1.14 bits per heavy atom. The molecule has 0 amide bonds. The number of halogens is 1. The zero-order valence-electron chi connectivity index (χ0n) is 17.6. The average molecular weight is 530 g/mol. The van der Waals surface area contributed by atoms with Crippen LogP contribution in [0.15, 0.2) is 4.99 Å². The van der Waals surface area contributed by atoms with Gasteiger partial charge in [-0.15, -0.1) is 24.0 Å². The minimum Gasteiger partial charge on any atom is -0.357 e. The molecule has 1 saturated heterocycles. The molecule has 7 nitrogen and oxygen atoms in total. The van der Waals surface area contributed by atoms with Gasteiger partial charge in [-0.05, 0) is 58.4 Å². The number of nitrogens with one attached hydrogen (secondary N) is 3. The van der Waals surface area contributed by atoms with Gasteiger partial charge in [0.15, 0.2) is 5.96 Å². The lowest BCUT2D eigenvalue weighted by Crippen LogP contribution is -2.42. The predicted octanol–water partition coefficient (Wildman–Crippen LogP) is 2.14. The second-order valence-electron chi connectivity index (χ2n) is 7.89. The van der Waals surface area contributed by atoms with Gasteiger partial charge in [-0.25, -0.2) is 13.1 Å². The van der Waals surface area contributed by atoms with E-state index < -0.39 is 10.0 Å². The van der Waals surface area contributed by atoms with Crippen LogP contribution in [-0.4, -0.2) is 70.3 Å². The summed E-state index contributed by atoms with van der Waals surface area (Å²) in [5.74, 6) is 1.32. The van der Waals surface area contributed by atoms with Gasteiger partial charge in [-0.1, -0.05) is 12.8 Å². The molecule has 0 aromatic heterocycles. The number of aliphatic imine (C=N–C) groups is 1. The summed E-state index contributed by atoms with van der Waals surface area (Å²) in [6, 6.07) is 0.687. The third-order valence-corrected chi connectivity index (χ3v) is 6.99. The van der Waals surface area contributed by atoms with Crippen LogP contribution in [0.5, 0.6) is 0 Å². The summed E-state index contributed by atoms with van der Waals surface area (Å²) in [6.45, 7) is 9.10. The molecule has 9 heteroatoms. The number of rotatable bonds is 11. The molecule has 0 bridgehead atoms. The number of hydrogen-bond donors (Lipinski definition) is 3. The number of sulfonamides is 1. The second kappa shape index (κ2) is 14.0. The standard InChI is InChI=1S/C19H39N5O2S.HI/c1-3-20-19(21-11-7-14-24-13-5-4-8-17(24)2)22-12-15-27(25,26)23-16-18-9-6-10-18;/h17-18,23H,3-16H2,1-2H3,(H2,20,21,22);1H. The van der Waals surface area contributed by atoms with Gasteiger partial charge < -0.3 is 15.5 Å². The molecule has 1 atom stereocenters. The summed E-state index contributed by atoms with van der Waals surface area (Å²) in [4.78, 5) is 7.15. The SMILES string of the molecule is CCNC(=NCCCN1CCCCC1C)NCCS(=O)(=O)NCC1CCC1.I. The van der Waals surface area contributed by atoms with E-state index in [9.17, 15) is 8.42 Å². The molecule has 0 aromatic rings. The Bertz CT molecular complexity index is 555. The zero-order valence-corrected chi connectivity index (χ0v) is 20.7. The van der Waals surface area contributed by atoms with E-state index in [1.54, 1.807) is 0 Å². The lowest BCUT2D eigenvalue weighted by molar-refractivity contribution is 0.160. The summed E-state index contributed by atoms with van der Waals surface area (Å²) in [5, 5.41) is 6.34. The minimum atomic E-state index is -3.21. The predicted molar refractivity (Wildman–Crippen MR) is 128 cm³/mol. The highest BCUT2D eigenvalue weighted by molar-refractivity contribution is 14.0. The molecule has 2 fully saturated rings. The molecule has 1 aliphatic carbocycles.